The zero-order valence-corrected chi connectivity index (χ0v) is 22.7. The Kier molecular flexibility index (Phi) is 7.78. The minimum absolute atomic E-state index is 0.00112. The number of nitrogens with one attached hydrogen (secondary N) is 2. The van der Waals surface area contributed by atoms with Crippen molar-refractivity contribution in [1.29, 1.82) is 0 Å². The third-order valence-corrected chi connectivity index (χ3v) is 7.55. The number of carbonyl (C=O) groups excluding carboxylic acids is 3. The van der Waals surface area contributed by atoms with Crippen LogP contribution in [0.3, 0.4) is 0 Å². The summed E-state index contributed by atoms with van der Waals surface area (Å²) in [5, 5.41) is 7.44. The van der Waals surface area contributed by atoms with Crippen LogP contribution in [0, 0.1) is 11.3 Å². The summed E-state index contributed by atoms with van der Waals surface area (Å²) in [7, 11) is 0. The van der Waals surface area contributed by atoms with Crippen molar-refractivity contribution in [3.05, 3.63) is 63.5 Å². The molecule has 1 aliphatic rings. The number of nitrogens with zero attached hydrogens (tertiary/aromatic N) is 1. The zero-order chi connectivity index (χ0) is 26.7. The van der Waals surface area contributed by atoms with Crippen molar-refractivity contribution in [2.24, 2.45) is 11.3 Å². The lowest BCUT2D eigenvalue weighted by Gasteiger charge is -2.36. The van der Waals surface area contributed by atoms with E-state index in [4.69, 9.17) is 9.72 Å². The molecule has 0 aliphatic heterocycles. The molecule has 0 fully saturated rings. The molecule has 2 unspecified atom stereocenters. The van der Waals surface area contributed by atoms with E-state index in [9.17, 15) is 14.4 Å². The number of carbonyl (C=O) groups is 3. The third-order valence-electron chi connectivity index (χ3n) is 6.73. The van der Waals surface area contributed by atoms with Gasteiger partial charge in [-0.15, -0.1) is 11.3 Å². The average molecular weight is 520 g/mol. The molecular formula is C29H33N3O4S. The minimum Gasteiger partial charge on any atom is -0.449 e. The second-order valence-electron chi connectivity index (χ2n) is 10.4. The Morgan fingerprint density at radius 2 is 1.92 bits per heavy atom. The number of benzene rings is 1. The molecule has 1 aromatic carbocycles. The summed E-state index contributed by atoms with van der Waals surface area (Å²) < 4.78 is 5.64. The highest BCUT2D eigenvalue weighted by Gasteiger charge is 2.36. The summed E-state index contributed by atoms with van der Waals surface area (Å²) in [5.41, 5.74) is 3.86. The van der Waals surface area contributed by atoms with Crippen LogP contribution in [0.25, 0.3) is 22.6 Å². The molecule has 0 saturated heterocycles. The fourth-order valence-corrected chi connectivity index (χ4v) is 5.29. The number of hydrogen-bond acceptors (Lipinski definition) is 6. The Bertz CT molecular complexity index is 1360. The standard InChI is InChI=1S/C29H33N3O4S/c1-6-30-28(35)32-26(33)17(2)36-27(34)24-21-11-7-8-12-23(21)31-25-18(15-20-10-9-13-37-20)14-19(16-22(24)25)29(3,4)5/h7-13,15,17,19H,6,14,16H2,1-5H3,(H2,30,32,33,35). The molecule has 37 heavy (non-hydrogen) atoms. The topological polar surface area (TPSA) is 97.4 Å². The summed E-state index contributed by atoms with van der Waals surface area (Å²) in [4.78, 5) is 44.1. The van der Waals surface area contributed by atoms with Gasteiger partial charge in [-0.2, -0.15) is 0 Å². The Balaban J connectivity index is 1.80. The molecule has 1 aliphatic carbocycles. The Morgan fingerprint density at radius 1 is 1.16 bits per heavy atom. The number of ether oxygens (including phenoxy) is 1. The van der Waals surface area contributed by atoms with Gasteiger partial charge in [0.1, 0.15) is 0 Å². The van der Waals surface area contributed by atoms with E-state index in [-0.39, 0.29) is 11.3 Å². The fourth-order valence-electron chi connectivity index (χ4n) is 4.61. The molecule has 0 radical (unpaired) electrons. The summed E-state index contributed by atoms with van der Waals surface area (Å²) in [6.07, 6.45) is 2.53. The van der Waals surface area contributed by atoms with Crippen LogP contribution in [0.15, 0.2) is 41.8 Å². The molecule has 3 aromatic rings. The minimum atomic E-state index is -1.15. The molecule has 0 bridgehead atoms. The first-order valence-corrected chi connectivity index (χ1v) is 13.4. The molecule has 4 rings (SSSR count). The second-order valence-corrected chi connectivity index (χ2v) is 11.4. The van der Waals surface area contributed by atoms with Crippen LogP contribution < -0.4 is 10.6 Å². The predicted molar refractivity (Wildman–Crippen MR) is 147 cm³/mol. The average Bonchev–Trinajstić information content (AvgIpc) is 3.35. The Labute approximate surface area is 221 Å². The van der Waals surface area contributed by atoms with Gasteiger partial charge >= 0.3 is 12.0 Å². The number of rotatable bonds is 5. The number of urea groups is 1. The van der Waals surface area contributed by atoms with Crippen molar-refractivity contribution in [3.8, 4) is 0 Å². The number of thiophene rings is 1. The van der Waals surface area contributed by atoms with Crippen LogP contribution in [0.2, 0.25) is 0 Å². The number of esters is 1. The summed E-state index contributed by atoms with van der Waals surface area (Å²) in [6.45, 7) is 10.2. The first kappa shape index (κ1) is 26.5. The predicted octanol–water partition coefficient (Wildman–Crippen LogP) is 5.84. The van der Waals surface area contributed by atoms with Crippen LogP contribution in [-0.2, 0) is 16.0 Å². The van der Waals surface area contributed by atoms with Gasteiger partial charge in [-0.1, -0.05) is 45.0 Å². The van der Waals surface area contributed by atoms with E-state index in [1.165, 1.54) is 6.92 Å². The van der Waals surface area contributed by atoms with Crippen molar-refractivity contribution >= 4 is 51.8 Å². The van der Waals surface area contributed by atoms with Crippen molar-refractivity contribution in [2.45, 2.75) is 53.6 Å². The van der Waals surface area contributed by atoms with E-state index in [0.29, 0.717) is 29.4 Å². The molecule has 3 amide bonds. The largest absolute Gasteiger partial charge is 0.449 e. The quantitative estimate of drug-likeness (QED) is 0.413. The van der Waals surface area contributed by atoms with Gasteiger partial charge in [0.25, 0.3) is 5.91 Å². The molecule has 8 heteroatoms. The normalized spacial score (nSPS) is 17.2. The van der Waals surface area contributed by atoms with Gasteiger partial charge in [-0.05, 0) is 72.7 Å². The maximum atomic E-state index is 13.7. The molecule has 2 heterocycles. The first-order chi connectivity index (χ1) is 17.6. The number of allylic oxidation sites excluding steroid dienone is 1. The van der Waals surface area contributed by atoms with E-state index < -0.39 is 24.0 Å². The van der Waals surface area contributed by atoms with Gasteiger partial charge in [0, 0.05) is 16.8 Å². The number of aromatic nitrogens is 1. The highest BCUT2D eigenvalue weighted by Crippen LogP contribution is 2.45. The molecule has 0 saturated carbocycles. The van der Waals surface area contributed by atoms with Crippen molar-refractivity contribution in [1.82, 2.24) is 15.6 Å². The molecule has 2 N–H and O–H groups in total. The number of para-hydroxylation sites is 1. The molecule has 2 aromatic heterocycles. The summed E-state index contributed by atoms with van der Waals surface area (Å²) in [6, 6.07) is 11.0. The van der Waals surface area contributed by atoms with E-state index in [0.717, 1.165) is 28.1 Å². The maximum Gasteiger partial charge on any atom is 0.339 e. The smallest absolute Gasteiger partial charge is 0.339 e. The van der Waals surface area contributed by atoms with Crippen LogP contribution in [0.1, 0.15) is 67.5 Å². The van der Waals surface area contributed by atoms with Crippen molar-refractivity contribution in [2.75, 3.05) is 6.54 Å². The van der Waals surface area contributed by atoms with Crippen LogP contribution in [0.4, 0.5) is 4.79 Å². The van der Waals surface area contributed by atoms with Gasteiger partial charge in [-0.3, -0.25) is 10.1 Å². The molecule has 194 valence electrons. The molecular weight excluding hydrogens is 486 g/mol. The van der Waals surface area contributed by atoms with Gasteiger partial charge in [0.15, 0.2) is 6.10 Å². The summed E-state index contributed by atoms with van der Waals surface area (Å²) in [5.74, 6) is -1.00. The lowest BCUT2D eigenvalue weighted by molar-refractivity contribution is -0.127. The summed E-state index contributed by atoms with van der Waals surface area (Å²) >= 11 is 1.66. The lowest BCUT2D eigenvalue weighted by atomic mass is 9.69. The lowest BCUT2D eigenvalue weighted by Crippen LogP contribution is -2.44. The monoisotopic (exact) mass is 519 g/mol. The van der Waals surface area contributed by atoms with Gasteiger partial charge in [-0.25, -0.2) is 14.6 Å². The van der Waals surface area contributed by atoms with Crippen LogP contribution >= 0.6 is 11.3 Å². The van der Waals surface area contributed by atoms with E-state index in [1.54, 1.807) is 18.3 Å². The second kappa shape index (κ2) is 10.8. The molecule has 0 spiro atoms. The highest BCUT2D eigenvalue weighted by molar-refractivity contribution is 7.10. The van der Waals surface area contributed by atoms with Gasteiger partial charge < -0.3 is 10.1 Å². The Hall–Kier alpha value is -3.52. The Morgan fingerprint density at radius 3 is 2.59 bits per heavy atom. The number of hydrogen-bond donors (Lipinski definition) is 2. The SMILES string of the molecule is CCNC(=O)NC(=O)C(C)OC(=O)c1c2c(nc3ccccc13)C(=Cc1cccs1)CC(C(C)(C)C)C2. The molecule has 7 nitrogen and oxygen atoms in total. The highest BCUT2D eigenvalue weighted by atomic mass is 32.1. The van der Waals surface area contributed by atoms with E-state index in [1.807, 2.05) is 35.7 Å². The van der Waals surface area contributed by atoms with E-state index >= 15 is 0 Å². The van der Waals surface area contributed by atoms with Crippen LogP contribution in [0.5, 0.6) is 0 Å². The fraction of sp³-hybridized carbons (Fsp3) is 0.379. The number of pyridine rings is 1. The number of fused-ring (bicyclic) bond motifs is 2. The third kappa shape index (κ3) is 5.91. The van der Waals surface area contributed by atoms with Gasteiger partial charge in [0.2, 0.25) is 0 Å². The van der Waals surface area contributed by atoms with Crippen molar-refractivity contribution < 1.29 is 19.1 Å². The number of amides is 3. The van der Waals surface area contributed by atoms with Crippen molar-refractivity contribution in [3.63, 3.8) is 0 Å². The first-order valence-electron chi connectivity index (χ1n) is 12.5. The molecule has 2 atom stereocenters. The maximum absolute atomic E-state index is 13.7. The number of imide groups is 1. The zero-order valence-electron chi connectivity index (χ0n) is 21.9. The van der Waals surface area contributed by atoms with Gasteiger partial charge in [0.05, 0.1) is 16.8 Å². The van der Waals surface area contributed by atoms with Crippen LogP contribution in [-0.4, -0.2) is 35.5 Å². The van der Waals surface area contributed by atoms with E-state index in [2.05, 4.69) is 43.5 Å².